The van der Waals surface area contributed by atoms with E-state index in [1.165, 1.54) is 12.1 Å². The third kappa shape index (κ3) is 8.55. The van der Waals surface area contributed by atoms with Gasteiger partial charge in [0.05, 0.1) is 16.3 Å². The fourth-order valence-corrected chi connectivity index (χ4v) is 9.14. The Balaban J connectivity index is 1.39. The van der Waals surface area contributed by atoms with Crippen LogP contribution in [0, 0.1) is 0 Å². The number of phenolic OH excluding ortho intramolecular Hbond substituents is 1. The van der Waals surface area contributed by atoms with Gasteiger partial charge in [-0.2, -0.15) is 0 Å². The van der Waals surface area contributed by atoms with Gasteiger partial charge >= 0.3 is 5.97 Å². The minimum atomic E-state index is -1.24. The molecule has 0 aliphatic carbocycles. The number of amides is 1. The van der Waals surface area contributed by atoms with E-state index >= 15 is 4.79 Å². The molecule has 6 nitrogen and oxygen atoms in total. The number of thioether (sulfide) groups is 1. The second-order valence-corrected chi connectivity index (χ2v) is 15.1. The van der Waals surface area contributed by atoms with E-state index in [0.717, 1.165) is 33.4 Å². The number of carbonyl (C=O) groups excluding carboxylic acids is 1. The molecule has 0 aliphatic heterocycles. The normalized spacial score (nSPS) is 12.6. The molecule has 0 fully saturated rings. The van der Waals surface area contributed by atoms with Gasteiger partial charge in [0.2, 0.25) is 5.91 Å². The number of carboxylic acids is 1. The SMILES string of the molecule is O=C(O)[C@@H](Cc1ccc(O)cc1)NC(=O)[C@@H](CSC(c1ccccc1)(c1ccccc1)c1ccccc1)NC(c1ccccc1)(c1ccccc1)c1ccccc1. The van der Waals surface area contributed by atoms with Crippen LogP contribution in [0.15, 0.2) is 206 Å². The average molecular weight is 769 g/mol. The maximum Gasteiger partial charge on any atom is 0.326 e. The second kappa shape index (κ2) is 18.0. The van der Waals surface area contributed by atoms with Crippen molar-refractivity contribution in [3.8, 4) is 5.75 Å². The highest BCUT2D eigenvalue weighted by atomic mass is 32.2. The van der Waals surface area contributed by atoms with Crippen molar-refractivity contribution >= 4 is 23.6 Å². The number of rotatable bonds is 16. The van der Waals surface area contributed by atoms with E-state index < -0.39 is 34.2 Å². The van der Waals surface area contributed by atoms with Gasteiger partial charge in [0.15, 0.2) is 0 Å². The van der Waals surface area contributed by atoms with Crippen LogP contribution in [0.1, 0.15) is 38.9 Å². The van der Waals surface area contributed by atoms with Crippen LogP contribution >= 0.6 is 11.8 Å². The first-order valence-corrected chi connectivity index (χ1v) is 19.9. The number of hydrogen-bond acceptors (Lipinski definition) is 5. The summed E-state index contributed by atoms with van der Waals surface area (Å²) in [5.41, 5.74) is 5.53. The lowest BCUT2D eigenvalue weighted by Gasteiger charge is -2.41. The third-order valence-electron chi connectivity index (χ3n) is 10.3. The van der Waals surface area contributed by atoms with Crippen molar-refractivity contribution in [3.05, 3.63) is 245 Å². The summed E-state index contributed by atoms with van der Waals surface area (Å²) in [6, 6.07) is 65.3. The Kier molecular flexibility index (Phi) is 12.3. The van der Waals surface area contributed by atoms with E-state index in [4.69, 9.17) is 0 Å². The zero-order valence-electron chi connectivity index (χ0n) is 31.3. The molecule has 0 aromatic heterocycles. The van der Waals surface area contributed by atoms with Crippen LogP contribution in [0.5, 0.6) is 5.75 Å². The molecule has 7 rings (SSSR count). The number of aromatic hydroxyl groups is 1. The van der Waals surface area contributed by atoms with Crippen molar-refractivity contribution < 1.29 is 19.8 Å². The first-order chi connectivity index (χ1) is 27.9. The molecular formula is C50H44N2O4S. The fraction of sp³-hybridized carbons (Fsp3) is 0.120. The standard InChI is InChI=1S/C50H44N2O4S/c53-44-33-31-37(32-34-44)35-45(48(55)56)51-47(54)46(52-49(38-19-7-1-8-20-38,39-21-9-2-10-22-39)40-23-11-3-12-24-40)36-57-50(41-25-13-4-14-26-41,42-27-15-5-16-28-42)43-29-17-6-18-30-43/h1-34,45-46,52-53H,35-36H2,(H,51,54)(H,55,56)/t45-,46-/m1/s1. The fourth-order valence-electron chi connectivity index (χ4n) is 7.58. The number of nitrogens with one attached hydrogen (secondary N) is 2. The largest absolute Gasteiger partial charge is 0.508 e. The van der Waals surface area contributed by atoms with Crippen LogP contribution in [-0.2, 0) is 26.3 Å². The Morgan fingerprint density at radius 2 is 0.842 bits per heavy atom. The van der Waals surface area contributed by atoms with Crippen LogP contribution in [0.25, 0.3) is 0 Å². The number of carboxylic acid groups (broad SMARTS) is 1. The van der Waals surface area contributed by atoms with Gasteiger partial charge in [-0.3, -0.25) is 10.1 Å². The van der Waals surface area contributed by atoms with Crippen molar-refractivity contribution in [2.45, 2.75) is 28.8 Å². The summed E-state index contributed by atoms with van der Waals surface area (Å²) in [7, 11) is 0. The molecule has 0 bridgehead atoms. The first kappa shape index (κ1) is 38.8. The summed E-state index contributed by atoms with van der Waals surface area (Å²) in [6.45, 7) is 0. The lowest BCUT2D eigenvalue weighted by atomic mass is 9.76. The summed E-state index contributed by atoms with van der Waals surface area (Å²) in [6.07, 6.45) is 0.0321. The monoisotopic (exact) mass is 768 g/mol. The van der Waals surface area contributed by atoms with E-state index in [1.807, 2.05) is 109 Å². The van der Waals surface area contributed by atoms with Gasteiger partial charge < -0.3 is 15.5 Å². The van der Waals surface area contributed by atoms with Crippen molar-refractivity contribution in [2.75, 3.05) is 5.75 Å². The highest BCUT2D eigenvalue weighted by molar-refractivity contribution is 8.00. The quantitative estimate of drug-likeness (QED) is 0.0733. The van der Waals surface area contributed by atoms with Gasteiger partial charge in [-0.05, 0) is 51.1 Å². The van der Waals surface area contributed by atoms with Gasteiger partial charge in [0, 0.05) is 12.2 Å². The highest BCUT2D eigenvalue weighted by Gasteiger charge is 2.43. The van der Waals surface area contributed by atoms with E-state index in [1.54, 1.807) is 23.9 Å². The number of aliphatic carboxylic acids is 1. The molecule has 0 unspecified atom stereocenters. The molecule has 7 aromatic carbocycles. The van der Waals surface area contributed by atoms with Crippen molar-refractivity contribution in [2.24, 2.45) is 0 Å². The van der Waals surface area contributed by atoms with Crippen molar-refractivity contribution in [1.82, 2.24) is 10.6 Å². The minimum absolute atomic E-state index is 0.0321. The Morgan fingerprint density at radius 3 is 1.19 bits per heavy atom. The Labute approximate surface area is 338 Å². The van der Waals surface area contributed by atoms with E-state index in [2.05, 4.69) is 83.4 Å². The van der Waals surface area contributed by atoms with Crippen LogP contribution in [0.3, 0.4) is 0 Å². The smallest absolute Gasteiger partial charge is 0.326 e. The summed E-state index contributed by atoms with van der Waals surface area (Å²) >= 11 is 1.63. The van der Waals surface area contributed by atoms with Gasteiger partial charge in [-0.25, -0.2) is 4.79 Å². The average Bonchev–Trinajstić information content (AvgIpc) is 3.27. The molecule has 284 valence electrons. The number of phenols is 1. The molecule has 7 aromatic rings. The first-order valence-electron chi connectivity index (χ1n) is 19.0. The Hall–Kier alpha value is -6.41. The topological polar surface area (TPSA) is 98.7 Å². The number of hydrogen-bond donors (Lipinski definition) is 4. The van der Waals surface area contributed by atoms with E-state index in [9.17, 15) is 15.0 Å². The summed E-state index contributed by atoms with van der Waals surface area (Å²) in [5.74, 6) is -1.29. The predicted molar refractivity (Wildman–Crippen MR) is 229 cm³/mol. The van der Waals surface area contributed by atoms with Crippen LogP contribution in [-0.4, -0.2) is 39.9 Å². The molecule has 0 spiro atoms. The van der Waals surface area contributed by atoms with Gasteiger partial charge in [0.25, 0.3) is 0 Å². The molecule has 57 heavy (non-hydrogen) atoms. The third-order valence-corrected chi connectivity index (χ3v) is 12.0. The highest BCUT2D eigenvalue weighted by Crippen LogP contribution is 2.49. The molecule has 0 saturated heterocycles. The zero-order valence-corrected chi connectivity index (χ0v) is 32.1. The van der Waals surface area contributed by atoms with Crippen LogP contribution in [0.4, 0.5) is 0 Å². The molecule has 0 heterocycles. The lowest BCUT2D eigenvalue weighted by molar-refractivity contribution is -0.142. The van der Waals surface area contributed by atoms with Gasteiger partial charge in [-0.15, -0.1) is 11.8 Å². The number of carbonyl (C=O) groups is 2. The molecule has 0 aliphatic rings. The molecule has 2 atom stereocenters. The molecular weight excluding hydrogens is 725 g/mol. The van der Waals surface area contributed by atoms with E-state index in [0.29, 0.717) is 5.56 Å². The minimum Gasteiger partial charge on any atom is -0.508 e. The van der Waals surface area contributed by atoms with Crippen LogP contribution < -0.4 is 10.6 Å². The Bertz CT molecular complexity index is 2140. The van der Waals surface area contributed by atoms with Crippen molar-refractivity contribution in [3.63, 3.8) is 0 Å². The molecule has 7 heteroatoms. The maximum atomic E-state index is 15.1. The molecule has 0 radical (unpaired) electrons. The zero-order chi connectivity index (χ0) is 39.5. The van der Waals surface area contributed by atoms with Crippen molar-refractivity contribution in [1.29, 1.82) is 0 Å². The second-order valence-electron chi connectivity index (χ2n) is 13.9. The predicted octanol–water partition coefficient (Wildman–Crippen LogP) is 9.18. The maximum absolute atomic E-state index is 15.1. The molecule has 4 N–H and O–H groups in total. The number of benzene rings is 7. The molecule has 1 amide bonds. The van der Waals surface area contributed by atoms with Gasteiger partial charge in [0.1, 0.15) is 11.8 Å². The van der Waals surface area contributed by atoms with E-state index in [-0.39, 0.29) is 17.9 Å². The van der Waals surface area contributed by atoms with Crippen LogP contribution in [0.2, 0.25) is 0 Å². The van der Waals surface area contributed by atoms with Gasteiger partial charge in [-0.1, -0.05) is 194 Å². The molecule has 0 saturated carbocycles. The lowest BCUT2D eigenvalue weighted by Crippen LogP contribution is -2.58. The Morgan fingerprint density at radius 1 is 0.491 bits per heavy atom. The summed E-state index contributed by atoms with van der Waals surface area (Å²) in [5, 5.41) is 27.2. The summed E-state index contributed by atoms with van der Waals surface area (Å²) in [4.78, 5) is 28.0. The summed E-state index contributed by atoms with van der Waals surface area (Å²) < 4.78 is -0.753.